The molecule has 0 heterocycles. The van der Waals surface area contributed by atoms with E-state index in [1.807, 2.05) is 19.1 Å². The highest BCUT2D eigenvalue weighted by Crippen LogP contribution is 2.23. The van der Waals surface area contributed by atoms with Gasteiger partial charge in [-0.1, -0.05) is 29.8 Å². The van der Waals surface area contributed by atoms with Crippen LogP contribution in [0.5, 0.6) is 5.75 Å². The highest BCUT2D eigenvalue weighted by Gasteiger charge is 2.10. The Morgan fingerprint density at radius 1 is 1.15 bits per heavy atom. The summed E-state index contributed by atoms with van der Waals surface area (Å²) >= 11 is 5.81. The van der Waals surface area contributed by atoms with Crippen molar-refractivity contribution in [1.82, 2.24) is 0 Å². The Kier molecular flexibility index (Phi) is 4.30. The zero-order valence-electron chi connectivity index (χ0n) is 11.3. The van der Waals surface area contributed by atoms with Gasteiger partial charge >= 0.3 is 5.97 Å². The Hall–Kier alpha value is -2.00. The molecule has 3 nitrogen and oxygen atoms in total. The zero-order chi connectivity index (χ0) is 14.7. The minimum Gasteiger partial charge on any atom is -0.489 e. The number of hydrogen-bond acceptors (Lipinski definition) is 2. The second kappa shape index (κ2) is 5.97. The van der Waals surface area contributed by atoms with Gasteiger partial charge < -0.3 is 9.84 Å². The molecule has 0 aromatic heterocycles. The average Bonchev–Trinajstić information content (AvgIpc) is 2.41. The molecule has 0 aliphatic carbocycles. The number of hydrogen-bond donors (Lipinski definition) is 1. The van der Waals surface area contributed by atoms with Gasteiger partial charge in [-0.3, -0.25) is 0 Å². The summed E-state index contributed by atoms with van der Waals surface area (Å²) in [6, 6.07) is 10.7. The van der Waals surface area contributed by atoms with Gasteiger partial charge in [0.1, 0.15) is 12.4 Å². The lowest BCUT2D eigenvalue weighted by atomic mass is 10.1. The maximum atomic E-state index is 11.0. The molecular formula is C16H15ClO3. The highest BCUT2D eigenvalue weighted by molar-refractivity contribution is 6.33. The van der Waals surface area contributed by atoms with Gasteiger partial charge in [-0.15, -0.1) is 0 Å². The van der Waals surface area contributed by atoms with Crippen LogP contribution in [0, 0.1) is 13.8 Å². The molecule has 20 heavy (non-hydrogen) atoms. The van der Waals surface area contributed by atoms with E-state index in [9.17, 15) is 4.79 Å². The summed E-state index contributed by atoms with van der Waals surface area (Å²) in [5.41, 5.74) is 3.52. The average molecular weight is 291 g/mol. The molecule has 0 aliphatic rings. The largest absolute Gasteiger partial charge is 0.489 e. The van der Waals surface area contributed by atoms with E-state index in [-0.39, 0.29) is 10.6 Å². The zero-order valence-corrected chi connectivity index (χ0v) is 12.1. The van der Waals surface area contributed by atoms with Gasteiger partial charge in [0.25, 0.3) is 0 Å². The number of rotatable bonds is 4. The normalized spacial score (nSPS) is 10.3. The standard InChI is InChI=1S/C16H15ClO3/c1-10-3-4-12(7-11(10)2)9-20-13-5-6-15(17)14(8-13)16(18)19/h3-8H,9H2,1-2H3,(H,18,19). The predicted molar refractivity (Wildman–Crippen MR) is 78.7 cm³/mol. The number of halogens is 1. The molecule has 0 spiro atoms. The Balaban J connectivity index is 2.12. The number of benzene rings is 2. The first-order valence-corrected chi connectivity index (χ1v) is 6.57. The van der Waals surface area contributed by atoms with Crippen molar-refractivity contribution in [2.75, 3.05) is 0 Å². The van der Waals surface area contributed by atoms with Crippen LogP contribution in [-0.2, 0) is 6.61 Å². The van der Waals surface area contributed by atoms with Crippen molar-refractivity contribution in [1.29, 1.82) is 0 Å². The molecule has 4 heteroatoms. The van der Waals surface area contributed by atoms with Gasteiger partial charge in [0, 0.05) is 0 Å². The lowest BCUT2D eigenvalue weighted by Gasteiger charge is -2.09. The number of ether oxygens (including phenoxy) is 1. The molecule has 0 bridgehead atoms. The molecule has 104 valence electrons. The molecule has 0 saturated heterocycles. The van der Waals surface area contributed by atoms with E-state index in [1.165, 1.54) is 23.3 Å². The van der Waals surface area contributed by atoms with E-state index in [1.54, 1.807) is 6.07 Å². The second-order valence-corrected chi connectivity index (χ2v) is 5.06. The summed E-state index contributed by atoms with van der Waals surface area (Å²) in [5, 5.41) is 9.21. The SMILES string of the molecule is Cc1ccc(COc2ccc(Cl)c(C(=O)O)c2)cc1C. The van der Waals surface area contributed by atoms with Crippen LogP contribution in [-0.4, -0.2) is 11.1 Å². The molecule has 0 saturated carbocycles. The number of aromatic carboxylic acids is 1. The van der Waals surface area contributed by atoms with Crippen molar-refractivity contribution < 1.29 is 14.6 Å². The van der Waals surface area contributed by atoms with E-state index in [2.05, 4.69) is 13.0 Å². The van der Waals surface area contributed by atoms with Crippen molar-refractivity contribution in [2.45, 2.75) is 20.5 Å². The van der Waals surface area contributed by atoms with E-state index >= 15 is 0 Å². The second-order valence-electron chi connectivity index (χ2n) is 4.65. The van der Waals surface area contributed by atoms with Crippen molar-refractivity contribution in [3.63, 3.8) is 0 Å². The smallest absolute Gasteiger partial charge is 0.337 e. The topological polar surface area (TPSA) is 46.5 Å². The fraction of sp³-hybridized carbons (Fsp3) is 0.188. The molecule has 0 fully saturated rings. The van der Waals surface area contributed by atoms with Crippen LogP contribution in [0.3, 0.4) is 0 Å². The van der Waals surface area contributed by atoms with Crippen LogP contribution >= 0.6 is 11.6 Å². The third-order valence-corrected chi connectivity index (χ3v) is 3.47. The molecule has 0 unspecified atom stereocenters. The van der Waals surface area contributed by atoms with Gasteiger partial charge in [0.15, 0.2) is 0 Å². The first-order chi connectivity index (χ1) is 9.47. The van der Waals surface area contributed by atoms with Gasteiger partial charge in [-0.05, 0) is 48.7 Å². The fourth-order valence-electron chi connectivity index (χ4n) is 1.82. The fourth-order valence-corrected chi connectivity index (χ4v) is 2.02. The van der Waals surface area contributed by atoms with Crippen LogP contribution in [0.2, 0.25) is 5.02 Å². The molecule has 1 N–H and O–H groups in total. The first kappa shape index (κ1) is 14.4. The third kappa shape index (κ3) is 3.31. The first-order valence-electron chi connectivity index (χ1n) is 6.19. The molecule has 0 radical (unpaired) electrons. The minimum atomic E-state index is -1.06. The monoisotopic (exact) mass is 290 g/mol. The molecule has 0 amide bonds. The van der Waals surface area contributed by atoms with Crippen LogP contribution in [0.4, 0.5) is 0 Å². The van der Waals surface area contributed by atoms with Crippen molar-refractivity contribution >= 4 is 17.6 Å². The highest BCUT2D eigenvalue weighted by atomic mass is 35.5. The maximum Gasteiger partial charge on any atom is 0.337 e. The number of carbonyl (C=O) groups is 1. The van der Waals surface area contributed by atoms with Gasteiger partial charge in [-0.25, -0.2) is 4.79 Å². The summed E-state index contributed by atoms with van der Waals surface area (Å²) in [4.78, 5) is 11.0. The lowest BCUT2D eigenvalue weighted by Crippen LogP contribution is -2.00. The Bertz CT molecular complexity index is 650. The summed E-state index contributed by atoms with van der Waals surface area (Å²) in [5.74, 6) is -0.573. The Morgan fingerprint density at radius 3 is 2.55 bits per heavy atom. The van der Waals surface area contributed by atoms with Crippen LogP contribution in [0.25, 0.3) is 0 Å². The number of aryl methyl sites for hydroxylation is 2. The van der Waals surface area contributed by atoms with E-state index < -0.39 is 5.97 Å². The van der Waals surface area contributed by atoms with Crippen LogP contribution in [0.1, 0.15) is 27.0 Å². The van der Waals surface area contributed by atoms with Gasteiger partial charge in [0.2, 0.25) is 0 Å². The number of carboxylic acid groups (broad SMARTS) is 1. The predicted octanol–water partition coefficient (Wildman–Crippen LogP) is 4.23. The van der Waals surface area contributed by atoms with E-state index in [0.717, 1.165) is 5.56 Å². The minimum absolute atomic E-state index is 0.0456. The van der Waals surface area contributed by atoms with Crippen LogP contribution in [0.15, 0.2) is 36.4 Å². The van der Waals surface area contributed by atoms with Gasteiger partial charge in [-0.2, -0.15) is 0 Å². The number of carboxylic acids is 1. The molecular weight excluding hydrogens is 276 g/mol. The third-order valence-electron chi connectivity index (χ3n) is 3.15. The summed E-state index contributed by atoms with van der Waals surface area (Å²) in [7, 11) is 0. The summed E-state index contributed by atoms with van der Waals surface area (Å²) in [6.45, 7) is 4.49. The molecule has 0 aliphatic heterocycles. The summed E-state index contributed by atoms with van der Waals surface area (Å²) < 4.78 is 5.61. The van der Waals surface area contributed by atoms with Crippen molar-refractivity contribution in [3.8, 4) is 5.75 Å². The lowest BCUT2D eigenvalue weighted by molar-refractivity contribution is 0.0696. The Labute approximate surface area is 122 Å². The van der Waals surface area contributed by atoms with Crippen LogP contribution < -0.4 is 4.74 Å². The molecule has 2 aromatic rings. The molecule has 2 aromatic carbocycles. The van der Waals surface area contributed by atoms with Crippen molar-refractivity contribution in [2.24, 2.45) is 0 Å². The van der Waals surface area contributed by atoms with Gasteiger partial charge in [0.05, 0.1) is 10.6 Å². The molecule has 2 rings (SSSR count). The maximum absolute atomic E-state index is 11.0. The summed E-state index contributed by atoms with van der Waals surface area (Å²) in [6.07, 6.45) is 0. The van der Waals surface area contributed by atoms with E-state index in [4.69, 9.17) is 21.4 Å². The Morgan fingerprint density at radius 2 is 1.90 bits per heavy atom. The quantitative estimate of drug-likeness (QED) is 0.916. The molecule has 0 atom stereocenters. The van der Waals surface area contributed by atoms with Crippen molar-refractivity contribution in [3.05, 3.63) is 63.7 Å². The van der Waals surface area contributed by atoms with E-state index in [0.29, 0.717) is 12.4 Å².